The highest BCUT2D eigenvalue weighted by atomic mass is 16.5. The highest BCUT2D eigenvalue weighted by molar-refractivity contribution is 5.35. The smallest absolute Gasteiger partial charge is 0.123 e. The summed E-state index contributed by atoms with van der Waals surface area (Å²) in [5, 5.41) is 3.88. The number of rotatable bonds is 6. The molecule has 3 unspecified atom stereocenters. The molecule has 1 aliphatic carbocycles. The molecule has 0 bridgehead atoms. The van der Waals surface area contributed by atoms with E-state index in [4.69, 9.17) is 4.74 Å². The molecular formula is C18H29NO. The summed E-state index contributed by atoms with van der Waals surface area (Å²) in [5.74, 6) is 1.92. The second-order valence-corrected chi connectivity index (χ2v) is 6.01. The first-order valence-corrected chi connectivity index (χ1v) is 8.17. The molecule has 1 aromatic rings. The van der Waals surface area contributed by atoms with Crippen molar-refractivity contribution in [1.29, 1.82) is 0 Å². The molecule has 0 heterocycles. The quantitative estimate of drug-likeness (QED) is 0.812. The van der Waals surface area contributed by atoms with Gasteiger partial charge in [0.2, 0.25) is 0 Å². The third-order valence-corrected chi connectivity index (χ3v) is 4.72. The van der Waals surface area contributed by atoms with Gasteiger partial charge in [-0.25, -0.2) is 0 Å². The van der Waals surface area contributed by atoms with Crippen LogP contribution in [0.3, 0.4) is 0 Å². The van der Waals surface area contributed by atoms with Gasteiger partial charge in [0.1, 0.15) is 5.75 Å². The van der Waals surface area contributed by atoms with Crippen molar-refractivity contribution in [2.45, 2.75) is 64.5 Å². The van der Waals surface area contributed by atoms with Crippen LogP contribution in [0.2, 0.25) is 0 Å². The third kappa shape index (κ3) is 3.76. The summed E-state index contributed by atoms with van der Waals surface area (Å²) >= 11 is 0. The van der Waals surface area contributed by atoms with E-state index < -0.39 is 0 Å². The summed E-state index contributed by atoms with van der Waals surface area (Å²) in [6.07, 6.45) is 7.88. The Morgan fingerprint density at radius 3 is 2.75 bits per heavy atom. The predicted octanol–water partition coefficient (Wildman–Crippen LogP) is 4.70. The molecule has 0 saturated heterocycles. The van der Waals surface area contributed by atoms with Gasteiger partial charge in [-0.3, -0.25) is 0 Å². The molecule has 1 saturated carbocycles. The highest BCUT2D eigenvalue weighted by Crippen LogP contribution is 2.31. The number of methoxy groups -OCH3 is 1. The van der Waals surface area contributed by atoms with Crippen LogP contribution in [-0.2, 0) is 0 Å². The lowest BCUT2D eigenvalue weighted by atomic mass is 9.83. The van der Waals surface area contributed by atoms with Crippen molar-refractivity contribution < 1.29 is 4.74 Å². The van der Waals surface area contributed by atoms with Gasteiger partial charge in [0.05, 0.1) is 7.11 Å². The summed E-state index contributed by atoms with van der Waals surface area (Å²) in [7, 11) is 1.76. The topological polar surface area (TPSA) is 21.3 Å². The summed E-state index contributed by atoms with van der Waals surface area (Å²) < 4.78 is 5.52. The Labute approximate surface area is 123 Å². The maximum atomic E-state index is 5.52. The van der Waals surface area contributed by atoms with Crippen molar-refractivity contribution >= 4 is 0 Å². The van der Waals surface area contributed by atoms with Crippen LogP contribution in [0, 0.1) is 5.92 Å². The number of nitrogens with one attached hydrogen (secondary N) is 1. The molecule has 0 radical (unpaired) electrons. The Balaban J connectivity index is 2.05. The summed E-state index contributed by atoms with van der Waals surface area (Å²) in [6.45, 7) is 4.58. The van der Waals surface area contributed by atoms with Gasteiger partial charge >= 0.3 is 0 Å². The zero-order valence-electron chi connectivity index (χ0n) is 13.2. The molecule has 1 aliphatic rings. The van der Waals surface area contributed by atoms with E-state index >= 15 is 0 Å². The molecule has 1 aromatic carbocycles. The van der Waals surface area contributed by atoms with Gasteiger partial charge in [0.25, 0.3) is 0 Å². The van der Waals surface area contributed by atoms with Crippen LogP contribution < -0.4 is 10.1 Å². The molecule has 1 fully saturated rings. The van der Waals surface area contributed by atoms with Crippen molar-refractivity contribution in [3.8, 4) is 5.75 Å². The van der Waals surface area contributed by atoms with Gasteiger partial charge in [0.15, 0.2) is 0 Å². The van der Waals surface area contributed by atoms with Crippen molar-refractivity contribution in [2.24, 2.45) is 5.92 Å². The van der Waals surface area contributed by atoms with Crippen molar-refractivity contribution in [3.05, 3.63) is 29.8 Å². The van der Waals surface area contributed by atoms with E-state index in [1.807, 2.05) is 6.07 Å². The first-order chi connectivity index (χ1) is 9.78. The maximum Gasteiger partial charge on any atom is 0.123 e. The second kappa shape index (κ2) is 7.68. The highest BCUT2D eigenvalue weighted by Gasteiger charge is 2.24. The molecule has 0 aromatic heterocycles. The molecule has 3 atom stereocenters. The average Bonchev–Trinajstić information content (AvgIpc) is 2.52. The van der Waals surface area contributed by atoms with Crippen molar-refractivity contribution in [1.82, 2.24) is 5.32 Å². The third-order valence-electron chi connectivity index (χ3n) is 4.72. The molecule has 112 valence electrons. The summed E-state index contributed by atoms with van der Waals surface area (Å²) in [4.78, 5) is 0. The lowest BCUT2D eigenvalue weighted by Crippen LogP contribution is -2.36. The van der Waals surface area contributed by atoms with E-state index in [1.165, 1.54) is 37.7 Å². The van der Waals surface area contributed by atoms with E-state index in [0.29, 0.717) is 12.1 Å². The molecule has 20 heavy (non-hydrogen) atoms. The van der Waals surface area contributed by atoms with Crippen LogP contribution in [0.1, 0.15) is 64.0 Å². The molecule has 0 amide bonds. The van der Waals surface area contributed by atoms with Crippen molar-refractivity contribution in [2.75, 3.05) is 7.11 Å². The number of hydrogen-bond acceptors (Lipinski definition) is 2. The molecule has 0 spiro atoms. The molecule has 1 N–H and O–H groups in total. The van der Waals surface area contributed by atoms with Gasteiger partial charge < -0.3 is 10.1 Å². The Morgan fingerprint density at radius 2 is 2.05 bits per heavy atom. The number of hydrogen-bond donors (Lipinski definition) is 1. The molecule has 2 nitrogen and oxygen atoms in total. The SMILES string of the molecule is CCC1CCCC(NC(CC)c2ccccc2OC)C1. The average molecular weight is 275 g/mol. The fourth-order valence-electron chi connectivity index (χ4n) is 3.48. The number of para-hydroxylation sites is 1. The fraction of sp³-hybridized carbons (Fsp3) is 0.667. The van der Waals surface area contributed by atoms with Crippen LogP contribution in [0.5, 0.6) is 5.75 Å². The van der Waals surface area contributed by atoms with Crippen LogP contribution in [0.25, 0.3) is 0 Å². The Bertz CT molecular complexity index is 404. The normalized spacial score (nSPS) is 24.4. The second-order valence-electron chi connectivity index (χ2n) is 6.01. The Hall–Kier alpha value is -1.02. The van der Waals surface area contributed by atoms with Crippen LogP contribution in [0.15, 0.2) is 24.3 Å². The standard InChI is InChI=1S/C18H29NO/c1-4-14-9-8-10-15(13-14)19-17(5-2)16-11-6-7-12-18(16)20-3/h6-7,11-12,14-15,17,19H,4-5,8-10,13H2,1-3H3. The number of ether oxygens (including phenoxy) is 1. The van der Waals surface area contributed by atoms with Crippen LogP contribution in [-0.4, -0.2) is 13.2 Å². The van der Waals surface area contributed by atoms with Crippen LogP contribution in [0.4, 0.5) is 0 Å². The maximum absolute atomic E-state index is 5.52. The van der Waals surface area contributed by atoms with Gasteiger partial charge in [0, 0.05) is 17.6 Å². The van der Waals surface area contributed by atoms with E-state index in [0.717, 1.165) is 18.1 Å². The monoisotopic (exact) mass is 275 g/mol. The first-order valence-electron chi connectivity index (χ1n) is 8.17. The zero-order valence-corrected chi connectivity index (χ0v) is 13.2. The van der Waals surface area contributed by atoms with E-state index in [2.05, 4.69) is 37.4 Å². The van der Waals surface area contributed by atoms with Gasteiger partial charge in [-0.1, -0.05) is 51.3 Å². The predicted molar refractivity (Wildman–Crippen MR) is 85.2 cm³/mol. The first kappa shape index (κ1) is 15.4. The number of benzene rings is 1. The van der Waals surface area contributed by atoms with Gasteiger partial charge in [-0.2, -0.15) is 0 Å². The minimum Gasteiger partial charge on any atom is -0.496 e. The van der Waals surface area contributed by atoms with Gasteiger partial charge in [-0.15, -0.1) is 0 Å². The lowest BCUT2D eigenvalue weighted by molar-refractivity contribution is 0.258. The Morgan fingerprint density at radius 1 is 1.25 bits per heavy atom. The lowest BCUT2D eigenvalue weighted by Gasteiger charge is -2.32. The van der Waals surface area contributed by atoms with E-state index in [1.54, 1.807) is 7.11 Å². The fourth-order valence-corrected chi connectivity index (χ4v) is 3.48. The Kier molecular flexibility index (Phi) is 5.90. The van der Waals surface area contributed by atoms with E-state index in [9.17, 15) is 0 Å². The minimum absolute atomic E-state index is 0.409. The van der Waals surface area contributed by atoms with E-state index in [-0.39, 0.29) is 0 Å². The molecular weight excluding hydrogens is 246 g/mol. The molecule has 0 aliphatic heterocycles. The van der Waals surface area contributed by atoms with Crippen LogP contribution >= 0.6 is 0 Å². The molecule has 2 heteroatoms. The summed E-state index contributed by atoms with van der Waals surface area (Å²) in [5.41, 5.74) is 1.30. The summed E-state index contributed by atoms with van der Waals surface area (Å²) in [6, 6.07) is 9.49. The van der Waals surface area contributed by atoms with Crippen molar-refractivity contribution in [3.63, 3.8) is 0 Å². The minimum atomic E-state index is 0.409. The molecule has 2 rings (SSSR count). The zero-order chi connectivity index (χ0) is 14.4. The largest absolute Gasteiger partial charge is 0.496 e. The van der Waals surface area contributed by atoms with Gasteiger partial charge in [-0.05, 0) is 31.2 Å².